The Morgan fingerprint density at radius 1 is 1.31 bits per heavy atom. The third-order valence-electron chi connectivity index (χ3n) is 2.19. The van der Waals surface area contributed by atoms with Gasteiger partial charge in [-0.3, -0.25) is 0 Å². The van der Waals surface area contributed by atoms with E-state index in [9.17, 15) is 0 Å². The molecular weight excluding hydrogens is 206 g/mol. The molecule has 0 radical (unpaired) electrons. The highest BCUT2D eigenvalue weighted by Gasteiger charge is 2.08. The number of rotatable bonds is 5. The van der Waals surface area contributed by atoms with Gasteiger partial charge >= 0.3 is 0 Å². The molecule has 4 heteroatoms. The summed E-state index contributed by atoms with van der Waals surface area (Å²) in [5.74, 6) is 1.25. The van der Waals surface area contributed by atoms with E-state index in [1.807, 2.05) is 19.1 Å². The van der Waals surface area contributed by atoms with Crippen LogP contribution in [0.4, 0.5) is 0 Å². The van der Waals surface area contributed by atoms with E-state index in [2.05, 4.69) is 0 Å². The molecule has 90 valence electrons. The Kier molecular flexibility index (Phi) is 4.58. The number of methoxy groups -OCH3 is 1. The second-order valence-corrected chi connectivity index (χ2v) is 3.86. The smallest absolute Gasteiger partial charge is 0.161 e. The summed E-state index contributed by atoms with van der Waals surface area (Å²) in [6.07, 6.45) is -0.502. The molecule has 1 rings (SSSR count). The van der Waals surface area contributed by atoms with Crippen LogP contribution in [0.3, 0.4) is 0 Å². The Hall–Kier alpha value is -1.26. The minimum Gasteiger partial charge on any atom is -0.493 e. The molecule has 3 N–H and O–H groups in total. The van der Waals surface area contributed by atoms with Crippen LogP contribution in [-0.4, -0.2) is 24.9 Å². The first kappa shape index (κ1) is 12.8. The Morgan fingerprint density at radius 3 is 2.50 bits per heavy atom. The molecule has 0 aliphatic carbocycles. The van der Waals surface area contributed by atoms with Crippen LogP contribution in [0.5, 0.6) is 11.5 Å². The molecule has 0 bridgehead atoms. The molecule has 0 aromatic heterocycles. The van der Waals surface area contributed by atoms with Gasteiger partial charge in [0.15, 0.2) is 11.5 Å². The summed E-state index contributed by atoms with van der Waals surface area (Å²) in [5.41, 5.74) is 6.76. The molecule has 4 nitrogen and oxygen atoms in total. The first-order valence-corrected chi connectivity index (χ1v) is 5.29. The molecule has 1 aromatic carbocycles. The quantitative estimate of drug-likeness (QED) is 0.796. The first-order valence-electron chi connectivity index (χ1n) is 5.29. The van der Waals surface area contributed by atoms with Crippen LogP contribution in [0.2, 0.25) is 0 Å². The van der Waals surface area contributed by atoms with Crippen molar-refractivity contribution in [1.29, 1.82) is 0 Å². The molecule has 0 spiro atoms. The second kappa shape index (κ2) is 5.72. The van der Waals surface area contributed by atoms with Gasteiger partial charge in [0.05, 0.1) is 13.2 Å². The van der Waals surface area contributed by atoms with Crippen molar-refractivity contribution in [2.75, 3.05) is 13.7 Å². The zero-order chi connectivity index (χ0) is 12.1. The third-order valence-corrected chi connectivity index (χ3v) is 2.19. The van der Waals surface area contributed by atoms with Gasteiger partial charge in [0.25, 0.3) is 0 Å². The van der Waals surface area contributed by atoms with E-state index >= 15 is 0 Å². The molecule has 0 aliphatic rings. The molecule has 0 fully saturated rings. The lowest BCUT2D eigenvalue weighted by atomic mass is 10.1. The lowest BCUT2D eigenvalue weighted by Gasteiger charge is -2.14. The third kappa shape index (κ3) is 3.40. The second-order valence-electron chi connectivity index (χ2n) is 3.86. The van der Waals surface area contributed by atoms with E-state index in [4.69, 9.17) is 20.3 Å². The molecular formula is C12H19NO3. The van der Waals surface area contributed by atoms with Gasteiger partial charge in [0.1, 0.15) is 6.61 Å². The summed E-state index contributed by atoms with van der Waals surface area (Å²) in [6, 6.07) is 5.51. The van der Waals surface area contributed by atoms with Crippen molar-refractivity contribution in [3.8, 4) is 11.5 Å². The van der Waals surface area contributed by atoms with E-state index in [0.29, 0.717) is 11.5 Å². The zero-order valence-corrected chi connectivity index (χ0v) is 9.93. The van der Waals surface area contributed by atoms with Crippen LogP contribution >= 0.6 is 0 Å². The fourth-order valence-corrected chi connectivity index (χ4v) is 1.30. The molecule has 1 aromatic rings. The summed E-state index contributed by atoms with van der Waals surface area (Å²) in [7, 11) is 1.58. The van der Waals surface area contributed by atoms with E-state index in [0.717, 1.165) is 5.56 Å². The van der Waals surface area contributed by atoms with Crippen molar-refractivity contribution in [3.05, 3.63) is 23.8 Å². The largest absolute Gasteiger partial charge is 0.493 e. The summed E-state index contributed by atoms with van der Waals surface area (Å²) in [6.45, 7) is 3.82. The SMILES string of the molecule is COc1cc([C@@H](C)N)ccc1OCC(C)O. The average molecular weight is 225 g/mol. The van der Waals surface area contributed by atoms with Gasteiger partial charge in [0.2, 0.25) is 0 Å². The molecule has 0 amide bonds. The van der Waals surface area contributed by atoms with Crippen LogP contribution in [0, 0.1) is 0 Å². The predicted octanol–water partition coefficient (Wildman–Crippen LogP) is 1.47. The minimum atomic E-state index is -0.502. The van der Waals surface area contributed by atoms with E-state index < -0.39 is 6.10 Å². The highest BCUT2D eigenvalue weighted by Crippen LogP contribution is 2.29. The monoisotopic (exact) mass is 225 g/mol. The Bertz CT molecular complexity index is 337. The maximum atomic E-state index is 9.13. The van der Waals surface area contributed by atoms with Gasteiger partial charge < -0.3 is 20.3 Å². The molecule has 0 heterocycles. The molecule has 1 unspecified atom stereocenters. The van der Waals surface area contributed by atoms with E-state index in [1.165, 1.54) is 0 Å². The molecule has 0 saturated carbocycles. The summed E-state index contributed by atoms with van der Waals surface area (Å²) in [5, 5.41) is 9.13. The highest BCUT2D eigenvalue weighted by atomic mass is 16.5. The molecule has 0 aliphatic heterocycles. The maximum absolute atomic E-state index is 9.13. The van der Waals surface area contributed by atoms with Gasteiger partial charge in [0, 0.05) is 6.04 Å². The number of nitrogens with two attached hydrogens (primary N) is 1. The molecule has 16 heavy (non-hydrogen) atoms. The Balaban J connectivity index is 2.84. The minimum absolute atomic E-state index is 0.0419. The van der Waals surface area contributed by atoms with Crippen LogP contribution in [0.1, 0.15) is 25.5 Å². The molecule has 0 saturated heterocycles. The number of hydrogen-bond acceptors (Lipinski definition) is 4. The summed E-state index contributed by atoms with van der Waals surface area (Å²) < 4.78 is 10.6. The summed E-state index contributed by atoms with van der Waals surface area (Å²) >= 11 is 0. The number of ether oxygens (including phenoxy) is 2. The van der Waals surface area contributed by atoms with Crippen LogP contribution in [0.15, 0.2) is 18.2 Å². The van der Waals surface area contributed by atoms with Gasteiger partial charge in [-0.15, -0.1) is 0 Å². The first-order chi connectivity index (χ1) is 7.54. The van der Waals surface area contributed by atoms with Crippen molar-refractivity contribution in [3.63, 3.8) is 0 Å². The van der Waals surface area contributed by atoms with Crippen molar-refractivity contribution in [2.45, 2.75) is 26.0 Å². The fraction of sp³-hybridized carbons (Fsp3) is 0.500. The average Bonchev–Trinajstić information content (AvgIpc) is 2.25. The van der Waals surface area contributed by atoms with Crippen LogP contribution in [0.25, 0.3) is 0 Å². The van der Waals surface area contributed by atoms with Crippen molar-refractivity contribution in [1.82, 2.24) is 0 Å². The van der Waals surface area contributed by atoms with Crippen LogP contribution < -0.4 is 15.2 Å². The van der Waals surface area contributed by atoms with Crippen molar-refractivity contribution < 1.29 is 14.6 Å². The maximum Gasteiger partial charge on any atom is 0.161 e. The number of benzene rings is 1. The number of hydrogen-bond donors (Lipinski definition) is 2. The zero-order valence-electron chi connectivity index (χ0n) is 9.93. The fourth-order valence-electron chi connectivity index (χ4n) is 1.30. The van der Waals surface area contributed by atoms with Crippen molar-refractivity contribution in [2.24, 2.45) is 5.73 Å². The lowest BCUT2D eigenvalue weighted by molar-refractivity contribution is 0.120. The van der Waals surface area contributed by atoms with Gasteiger partial charge in [-0.25, -0.2) is 0 Å². The lowest BCUT2D eigenvalue weighted by Crippen LogP contribution is -2.13. The van der Waals surface area contributed by atoms with E-state index in [1.54, 1.807) is 20.1 Å². The molecule has 2 atom stereocenters. The normalized spacial score (nSPS) is 14.3. The van der Waals surface area contributed by atoms with Crippen LogP contribution in [-0.2, 0) is 0 Å². The topological polar surface area (TPSA) is 64.7 Å². The number of aliphatic hydroxyl groups excluding tert-OH is 1. The number of aliphatic hydroxyl groups is 1. The van der Waals surface area contributed by atoms with Gasteiger partial charge in [-0.1, -0.05) is 6.07 Å². The van der Waals surface area contributed by atoms with Crippen molar-refractivity contribution >= 4 is 0 Å². The Labute approximate surface area is 96.0 Å². The van der Waals surface area contributed by atoms with E-state index in [-0.39, 0.29) is 12.6 Å². The standard InChI is InChI=1S/C12H19NO3/c1-8(14)7-16-11-5-4-10(9(2)13)6-12(11)15-3/h4-6,8-9,14H,7,13H2,1-3H3/t8?,9-/m1/s1. The predicted molar refractivity (Wildman–Crippen MR) is 62.8 cm³/mol. The van der Waals surface area contributed by atoms with Gasteiger partial charge in [-0.05, 0) is 31.5 Å². The van der Waals surface area contributed by atoms with Gasteiger partial charge in [-0.2, -0.15) is 0 Å². The highest BCUT2D eigenvalue weighted by molar-refractivity contribution is 5.43. The summed E-state index contributed by atoms with van der Waals surface area (Å²) in [4.78, 5) is 0. The Morgan fingerprint density at radius 2 is 2.00 bits per heavy atom.